The lowest BCUT2D eigenvalue weighted by Gasteiger charge is -2.36. The molecule has 0 unspecified atom stereocenters. The maximum Gasteiger partial charge on any atom is 0.129 e. The van der Waals surface area contributed by atoms with Crippen LogP contribution in [0.1, 0.15) is 26.5 Å². The van der Waals surface area contributed by atoms with Crippen LogP contribution < -0.4 is 4.90 Å². The van der Waals surface area contributed by atoms with Gasteiger partial charge in [0, 0.05) is 12.1 Å². The van der Waals surface area contributed by atoms with E-state index >= 15 is 0 Å². The molecule has 0 aliphatic heterocycles. The van der Waals surface area contributed by atoms with Crippen molar-refractivity contribution >= 4 is 17.4 Å². The lowest BCUT2D eigenvalue weighted by molar-refractivity contribution is 0.277. The Morgan fingerprint density at radius 1 is 1.47 bits per heavy atom. The van der Waals surface area contributed by atoms with Crippen LogP contribution >= 0.6 is 11.6 Å². The van der Waals surface area contributed by atoms with E-state index in [1.54, 1.807) is 6.07 Å². The molecule has 0 atom stereocenters. The molecule has 0 fully saturated rings. The van der Waals surface area contributed by atoms with E-state index in [4.69, 9.17) is 11.6 Å². The Morgan fingerprint density at radius 3 is 2.59 bits per heavy atom. The van der Waals surface area contributed by atoms with Crippen LogP contribution in [-0.4, -0.2) is 22.2 Å². The van der Waals surface area contributed by atoms with Crippen LogP contribution in [-0.2, 0) is 6.61 Å². The minimum absolute atomic E-state index is 0.0677. The van der Waals surface area contributed by atoms with Crippen LogP contribution in [0.5, 0.6) is 0 Å². The van der Waals surface area contributed by atoms with Gasteiger partial charge in [-0.2, -0.15) is 0 Å². The summed E-state index contributed by atoms with van der Waals surface area (Å²) in [5, 5.41) is 9.66. The number of anilines is 1. The van der Waals surface area contributed by atoms with Gasteiger partial charge in [-0.05, 0) is 32.9 Å². The second-order valence-electron chi connectivity index (χ2n) is 4.83. The number of aliphatic hydroxyl groups excluding tert-OH is 1. The summed E-state index contributed by atoms with van der Waals surface area (Å²) >= 11 is 5.93. The second kappa shape index (κ2) is 5.52. The zero-order valence-electron chi connectivity index (χ0n) is 10.6. The van der Waals surface area contributed by atoms with E-state index in [-0.39, 0.29) is 12.1 Å². The van der Waals surface area contributed by atoms with Crippen LogP contribution in [0.4, 0.5) is 5.82 Å². The SMILES string of the molecule is C=CCN(c1ccc(Cl)c(CO)n1)C(C)(C)C. The van der Waals surface area contributed by atoms with Gasteiger partial charge in [0.05, 0.1) is 17.3 Å². The lowest BCUT2D eigenvalue weighted by Crippen LogP contribution is -2.42. The molecule has 0 bridgehead atoms. The number of halogens is 1. The van der Waals surface area contributed by atoms with E-state index in [1.165, 1.54) is 0 Å². The van der Waals surface area contributed by atoms with Gasteiger partial charge in [-0.15, -0.1) is 6.58 Å². The molecule has 1 aromatic rings. The van der Waals surface area contributed by atoms with Gasteiger partial charge in [0.2, 0.25) is 0 Å². The summed E-state index contributed by atoms with van der Waals surface area (Å²) in [4.78, 5) is 6.48. The highest BCUT2D eigenvalue weighted by molar-refractivity contribution is 6.31. The highest BCUT2D eigenvalue weighted by Gasteiger charge is 2.22. The molecule has 94 valence electrons. The molecule has 17 heavy (non-hydrogen) atoms. The Kier molecular flexibility index (Phi) is 4.54. The highest BCUT2D eigenvalue weighted by Crippen LogP contribution is 2.24. The number of rotatable bonds is 4. The van der Waals surface area contributed by atoms with Gasteiger partial charge in [-0.1, -0.05) is 17.7 Å². The lowest BCUT2D eigenvalue weighted by atomic mass is 10.1. The van der Waals surface area contributed by atoms with Crippen molar-refractivity contribution in [3.63, 3.8) is 0 Å². The minimum atomic E-state index is -0.154. The normalized spacial score (nSPS) is 11.4. The molecule has 1 rings (SSSR count). The smallest absolute Gasteiger partial charge is 0.129 e. The Labute approximate surface area is 108 Å². The third kappa shape index (κ3) is 3.45. The van der Waals surface area contributed by atoms with Gasteiger partial charge in [0.1, 0.15) is 5.82 Å². The fourth-order valence-corrected chi connectivity index (χ4v) is 1.74. The monoisotopic (exact) mass is 254 g/mol. The summed E-state index contributed by atoms with van der Waals surface area (Å²) in [6.45, 7) is 10.6. The Bertz CT molecular complexity index is 399. The predicted octanol–water partition coefficient (Wildman–Crippen LogP) is 3.02. The molecule has 0 radical (unpaired) electrons. The van der Waals surface area contributed by atoms with Crippen molar-refractivity contribution in [3.05, 3.63) is 35.5 Å². The average Bonchev–Trinajstić information content (AvgIpc) is 2.25. The summed E-state index contributed by atoms with van der Waals surface area (Å²) in [6, 6.07) is 3.62. The summed E-state index contributed by atoms with van der Waals surface area (Å²) in [5.41, 5.74) is 0.435. The highest BCUT2D eigenvalue weighted by atomic mass is 35.5. The quantitative estimate of drug-likeness (QED) is 0.839. The van der Waals surface area contributed by atoms with E-state index in [9.17, 15) is 5.11 Å². The number of hydrogen-bond acceptors (Lipinski definition) is 3. The third-order valence-corrected chi connectivity index (χ3v) is 2.80. The zero-order valence-corrected chi connectivity index (χ0v) is 11.3. The Morgan fingerprint density at radius 2 is 2.12 bits per heavy atom. The van der Waals surface area contributed by atoms with Crippen LogP contribution in [0.3, 0.4) is 0 Å². The molecule has 4 heteroatoms. The van der Waals surface area contributed by atoms with Gasteiger partial charge in [0.25, 0.3) is 0 Å². The van der Waals surface area contributed by atoms with Crippen LogP contribution in [0, 0.1) is 0 Å². The van der Waals surface area contributed by atoms with Gasteiger partial charge in [-0.25, -0.2) is 4.98 Å². The summed E-state index contributed by atoms with van der Waals surface area (Å²) in [6.07, 6.45) is 1.83. The van der Waals surface area contributed by atoms with Crippen molar-refractivity contribution in [2.45, 2.75) is 32.9 Å². The average molecular weight is 255 g/mol. The van der Waals surface area contributed by atoms with Crippen molar-refractivity contribution in [1.29, 1.82) is 0 Å². The van der Waals surface area contributed by atoms with Crippen LogP contribution in [0.15, 0.2) is 24.8 Å². The molecule has 0 amide bonds. The van der Waals surface area contributed by atoms with Gasteiger partial charge < -0.3 is 10.0 Å². The molecule has 0 aliphatic carbocycles. The summed E-state index contributed by atoms with van der Waals surface area (Å²) < 4.78 is 0. The maximum absolute atomic E-state index is 9.17. The minimum Gasteiger partial charge on any atom is -0.390 e. The molecule has 0 spiro atoms. The first kappa shape index (κ1) is 14.0. The molecule has 1 N–H and O–H groups in total. The number of nitrogens with zero attached hydrogens (tertiary/aromatic N) is 2. The summed E-state index contributed by atoms with van der Waals surface area (Å²) in [5.74, 6) is 0.797. The van der Waals surface area contributed by atoms with Crippen molar-refractivity contribution in [3.8, 4) is 0 Å². The van der Waals surface area contributed by atoms with E-state index < -0.39 is 0 Å². The molecule has 0 saturated heterocycles. The summed E-state index contributed by atoms with van der Waals surface area (Å²) in [7, 11) is 0. The molecule has 0 aromatic carbocycles. The van der Waals surface area contributed by atoms with Gasteiger partial charge in [0.15, 0.2) is 0 Å². The largest absolute Gasteiger partial charge is 0.390 e. The van der Waals surface area contributed by atoms with Crippen LogP contribution in [0.25, 0.3) is 0 Å². The molecule has 3 nitrogen and oxygen atoms in total. The number of aliphatic hydroxyl groups is 1. The van der Waals surface area contributed by atoms with E-state index in [1.807, 2.05) is 12.1 Å². The van der Waals surface area contributed by atoms with Crippen molar-refractivity contribution < 1.29 is 5.11 Å². The topological polar surface area (TPSA) is 36.4 Å². The molecule has 1 aromatic heterocycles. The van der Waals surface area contributed by atoms with E-state index in [0.29, 0.717) is 17.3 Å². The Hall–Kier alpha value is -1.06. The van der Waals surface area contributed by atoms with E-state index in [2.05, 4.69) is 37.2 Å². The molecule has 0 aliphatic rings. The number of aromatic nitrogens is 1. The van der Waals surface area contributed by atoms with Gasteiger partial charge in [-0.3, -0.25) is 0 Å². The standard InChI is InChI=1S/C13H19ClN2O/c1-5-8-16(13(2,3)4)12-7-6-10(14)11(9-17)15-12/h5-7,17H,1,8-9H2,2-4H3. The number of hydrogen-bond donors (Lipinski definition) is 1. The van der Waals surface area contributed by atoms with Crippen molar-refractivity contribution in [1.82, 2.24) is 4.98 Å². The first-order valence-electron chi connectivity index (χ1n) is 5.55. The van der Waals surface area contributed by atoms with Crippen LogP contribution in [0.2, 0.25) is 5.02 Å². The Balaban J connectivity index is 3.15. The molecule has 0 saturated carbocycles. The van der Waals surface area contributed by atoms with Crippen molar-refractivity contribution in [2.24, 2.45) is 0 Å². The first-order chi connectivity index (χ1) is 7.90. The fourth-order valence-electron chi connectivity index (χ4n) is 1.57. The maximum atomic E-state index is 9.17. The predicted molar refractivity (Wildman–Crippen MR) is 72.5 cm³/mol. The zero-order chi connectivity index (χ0) is 13.1. The second-order valence-corrected chi connectivity index (χ2v) is 5.23. The first-order valence-corrected chi connectivity index (χ1v) is 5.92. The third-order valence-electron chi connectivity index (χ3n) is 2.45. The molecule has 1 heterocycles. The molecular formula is C13H19ClN2O. The number of pyridine rings is 1. The van der Waals surface area contributed by atoms with Crippen molar-refractivity contribution in [2.75, 3.05) is 11.4 Å². The fraction of sp³-hybridized carbons (Fsp3) is 0.462. The van der Waals surface area contributed by atoms with E-state index in [0.717, 1.165) is 5.82 Å². The van der Waals surface area contributed by atoms with Gasteiger partial charge >= 0.3 is 0 Å². The molecular weight excluding hydrogens is 236 g/mol.